The first-order chi connectivity index (χ1) is 2.77. The molecule has 0 bridgehead atoms. The fourth-order valence-corrected chi connectivity index (χ4v) is 1.72. The van der Waals surface area contributed by atoms with Gasteiger partial charge in [-0.25, -0.2) is 0 Å². The standard InChI is InChI=1S/C2HAsCl3/c4-2(5)1-3-6/h1H. The van der Waals surface area contributed by atoms with Gasteiger partial charge in [0, 0.05) is 0 Å². The van der Waals surface area contributed by atoms with Crippen LogP contribution in [0.2, 0.25) is 0 Å². The van der Waals surface area contributed by atoms with Crippen LogP contribution in [0, 0.1) is 0 Å². The Labute approximate surface area is 57.3 Å². The van der Waals surface area contributed by atoms with Gasteiger partial charge in [0.1, 0.15) is 0 Å². The molecule has 0 nitrogen and oxygen atoms in total. The molecule has 0 amide bonds. The van der Waals surface area contributed by atoms with Crippen molar-refractivity contribution in [3.8, 4) is 0 Å². The normalized spacial score (nSPS) is 9.83. The Hall–Kier alpha value is 1.17. The molecule has 0 aromatic carbocycles. The van der Waals surface area contributed by atoms with Crippen molar-refractivity contribution in [3.63, 3.8) is 0 Å². The van der Waals surface area contributed by atoms with E-state index in [1.165, 1.54) is 0 Å². The van der Waals surface area contributed by atoms with Crippen LogP contribution in [0.15, 0.2) is 9.36 Å². The molecule has 0 aliphatic rings. The molecule has 0 fully saturated rings. The van der Waals surface area contributed by atoms with Gasteiger partial charge in [-0.05, 0) is 0 Å². The van der Waals surface area contributed by atoms with Gasteiger partial charge in [-0.2, -0.15) is 0 Å². The van der Waals surface area contributed by atoms with Crippen LogP contribution in [0.25, 0.3) is 0 Å². The Kier molecular flexibility index (Phi) is 5.17. The predicted molar refractivity (Wildman–Crippen MR) is 31.4 cm³/mol. The molecule has 0 saturated heterocycles. The van der Waals surface area contributed by atoms with Gasteiger partial charge in [-0.3, -0.25) is 0 Å². The summed E-state index contributed by atoms with van der Waals surface area (Å²) >= 11 is 10.0. The van der Waals surface area contributed by atoms with E-state index >= 15 is 0 Å². The van der Waals surface area contributed by atoms with Crippen LogP contribution in [0.5, 0.6) is 0 Å². The van der Waals surface area contributed by atoms with Crippen molar-refractivity contribution in [1.29, 1.82) is 0 Å². The third-order valence-corrected chi connectivity index (χ3v) is 2.28. The molecule has 0 unspecified atom stereocenters. The zero-order chi connectivity index (χ0) is 4.99. The van der Waals surface area contributed by atoms with Crippen LogP contribution in [-0.2, 0) is 0 Å². The minimum absolute atomic E-state index is 0.269. The van der Waals surface area contributed by atoms with Crippen molar-refractivity contribution in [2.75, 3.05) is 0 Å². The molecule has 6 heavy (non-hydrogen) atoms. The van der Waals surface area contributed by atoms with Crippen molar-refractivity contribution in [1.82, 2.24) is 0 Å². The fraction of sp³-hybridized carbons (Fsp3) is 0. The SMILES string of the molecule is Cl[As]C=C(Cl)Cl. The maximum absolute atomic E-state index is 5.24. The topological polar surface area (TPSA) is 0 Å². The average molecular weight is 206 g/mol. The Bertz CT molecular complexity index is 55.8. The van der Waals surface area contributed by atoms with E-state index in [2.05, 4.69) is 0 Å². The molecular weight excluding hydrogens is 205 g/mol. The van der Waals surface area contributed by atoms with E-state index in [-0.39, 0.29) is 19.3 Å². The van der Waals surface area contributed by atoms with Gasteiger partial charge in [0.05, 0.1) is 0 Å². The first-order valence-corrected chi connectivity index (χ1v) is 5.40. The molecule has 0 aromatic heterocycles. The molecule has 0 aliphatic carbocycles. The summed E-state index contributed by atoms with van der Waals surface area (Å²) in [5.74, 6) is 0. The zero-order valence-corrected chi connectivity index (χ0v) is 6.80. The van der Waals surface area contributed by atoms with Gasteiger partial charge < -0.3 is 0 Å². The van der Waals surface area contributed by atoms with Gasteiger partial charge in [0.15, 0.2) is 0 Å². The summed E-state index contributed by atoms with van der Waals surface area (Å²) in [5.41, 5.74) is 0. The van der Waals surface area contributed by atoms with Gasteiger partial charge in [0.2, 0.25) is 0 Å². The van der Waals surface area contributed by atoms with Crippen LogP contribution in [-0.4, -0.2) is 14.8 Å². The molecule has 4 heteroatoms. The second-order valence-electron chi connectivity index (χ2n) is 0.516. The molecule has 0 saturated carbocycles. The molecule has 35 valence electrons. The predicted octanol–water partition coefficient (Wildman–Crippen LogP) is 2.12. The summed E-state index contributed by atoms with van der Waals surface area (Å²) in [6, 6.07) is 0. The van der Waals surface area contributed by atoms with Gasteiger partial charge in [-0.15, -0.1) is 0 Å². The summed E-state index contributed by atoms with van der Waals surface area (Å²) < 4.78 is 0.269. The van der Waals surface area contributed by atoms with E-state index in [1.807, 2.05) is 0 Å². The molecular formula is C2HAsCl3. The molecule has 0 rings (SSSR count). The van der Waals surface area contributed by atoms with Gasteiger partial charge in [0.25, 0.3) is 0 Å². The Morgan fingerprint density at radius 1 is 1.50 bits per heavy atom. The van der Waals surface area contributed by atoms with Crippen LogP contribution in [0.4, 0.5) is 0 Å². The van der Waals surface area contributed by atoms with E-state index in [1.54, 1.807) is 4.86 Å². The Morgan fingerprint density at radius 2 is 2.00 bits per heavy atom. The quantitative estimate of drug-likeness (QED) is 0.577. The second-order valence-corrected chi connectivity index (χ2v) is 3.49. The van der Waals surface area contributed by atoms with Crippen molar-refractivity contribution >= 4 is 48.0 Å². The Morgan fingerprint density at radius 3 is 2.00 bits per heavy atom. The fourth-order valence-electron chi connectivity index (χ4n) is 0.0369. The number of halogens is 3. The molecule has 0 heterocycles. The van der Waals surface area contributed by atoms with E-state index in [9.17, 15) is 0 Å². The number of hydrogen-bond acceptors (Lipinski definition) is 0. The summed E-state index contributed by atoms with van der Waals surface area (Å²) in [6.07, 6.45) is 0. The summed E-state index contributed by atoms with van der Waals surface area (Å²) in [7, 11) is 5.24. The van der Waals surface area contributed by atoms with Crippen LogP contribution in [0.3, 0.4) is 0 Å². The molecule has 0 spiro atoms. The van der Waals surface area contributed by atoms with Crippen molar-refractivity contribution in [2.45, 2.75) is 0 Å². The second kappa shape index (κ2) is 4.33. The zero-order valence-electron chi connectivity index (χ0n) is 2.66. The molecule has 0 aliphatic heterocycles. The van der Waals surface area contributed by atoms with E-state index in [0.29, 0.717) is 0 Å². The van der Waals surface area contributed by atoms with Gasteiger partial charge in [-0.1, -0.05) is 0 Å². The molecule has 0 aromatic rings. The number of hydrogen-bond donors (Lipinski definition) is 0. The van der Waals surface area contributed by atoms with Crippen molar-refractivity contribution < 1.29 is 0 Å². The summed E-state index contributed by atoms with van der Waals surface area (Å²) in [4.78, 5) is 1.60. The van der Waals surface area contributed by atoms with Crippen molar-refractivity contribution in [2.24, 2.45) is 0 Å². The molecule has 0 atom stereocenters. The van der Waals surface area contributed by atoms with Gasteiger partial charge >= 0.3 is 57.3 Å². The van der Waals surface area contributed by atoms with E-state index < -0.39 is 0 Å². The third-order valence-electron chi connectivity index (χ3n) is 0.146. The monoisotopic (exact) mass is 205 g/mol. The molecule has 0 N–H and O–H groups in total. The maximum atomic E-state index is 5.24. The first-order valence-electron chi connectivity index (χ1n) is 1.09. The first kappa shape index (κ1) is 7.17. The molecule has 1 radical (unpaired) electrons. The van der Waals surface area contributed by atoms with E-state index in [0.717, 1.165) is 0 Å². The minimum atomic E-state index is -0.274. The van der Waals surface area contributed by atoms with Crippen LogP contribution < -0.4 is 0 Å². The Balaban J connectivity index is 3.14. The third kappa shape index (κ3) is 5.17. The van der Waals surface area contributed by atoms with Crippen LogP contribution in [0.1, 0.15) is 0 Å². The van der Waals surface area contributed by atoms with Crippen molar-refractivity contribution in [3.05, 3.63) is 9.36 Å². The average Bonchev–Trinajstić information content (AvgIpc) is 1.35. The van der Waals surface area contributed by atoms with Crippen LogP contribution >= 0.6 is 33.2 Å². The summed E-state index contributed by atoms with van der Waals surface area (Å²) in [5, 5.41) is 0. The van der Waals surface area contributed by atoms with E-state index in [4.69, 9.17) is 33.2 Å². The summed E-state index contributed by atoms with van der Waals surface area (Å²) in [6.45, 7) is 0. The number of rotatable bonds is 1.